The fourth-order valence-corrected chi connectivity index (χ4v) is 5.83. The SMILES string of the molecule is Cc1ccc2[nH]ncc2c1-c1cc(C#CC2CC2)nc(CNC(=O)[C@H](CC(C)C)n2cc(CCN(C)C)c(C(F)(F)F)cc2=S)c1. The Bertz CT molecular complexity index is 1860. The van der Waals surface area contributed by atoms with E-state index in [4.69, 9.17) is 17.2 Å². The van der Waals surface area contributed by atoms with Crippen molar-refractivity contribution in [3.8, 4) is 23.0 Å². The number of hydrogen-bond donors (Lipinski definition) is 2. The number of aromatic amines is 1. The number of fused-ring (bicyclic) bond motifs is 1. The molecular weight excluding hydrogens is 609 g/mol. The lowest BCUT2D eigenvalue weighted by Crippen LogP contribution is -2.34. The van der Waals surface area contributed by atoms with E-state index in [-0.39, 0.29) is 35.0 Å². The lowest BCUT2D eigenvalue weighted by Gasteiger charge is -2.25. The van der Waals surface area contributed by atoms with E-state index in [0.717, 1.165) is 46.5 Å². The second-order valence-electron chi connectivity index (χ2n) is 12.7. The zero-order chi connectivity index (χ0) is 33.2. The predicted octanol–water partition coefficient (Wildman–Crippen LogP) is 7.25. The summed E-state index contributed by atoms with van der Waals surface area (Å²) in [5.41, 5.74) is 4.48. The summed E-state index contributed by atoms with van der Waals surface area (Å²) in [6.07, 6.45) is 1.39. The summed E-state index contributed by atoms with van der Waals surface area (Å²) in [6.45, 7) is 6.50. The number of hydrogen-bond acceptors (Lipinski definition) is 5. The maximum Gasteiger partial charge on any atom is 0.416 e. The molecule has 1 aromatic carbocycles. The van der Waals surface area contributed by atoms with Gasteiger partial charge in [0, 0.05) is 24.0 Å². The number of aromatic nitrogens is 4. The van der Waals surface area contributed by atoms with Crippen LogP contribution in [0, 0.1) is 35.2 Å². The zero-order valence-corrected chi connectivity index (χ0v) is 27.6. The van der Waals surface area contributed by atoms with Crippen molar-refractivity contribution in [2.24, 2.45) is 11.8 Å². The molecule has 1 amide bonds. The fraction of sp³-hybridized carbons (Fsp3) is 0.429. The van der Waals surface area contributed by atoms with Gasteiger partial charge in [-0.15, -0.1) is 0 Å². The van der Waals surface area contributed by atoms with Gasteiger partial charge in [0.25, 0.3) is 0 Å². The van der Waals surface area contributed by atoms with Gasteiger partial charge in [-0.1, -0.05) is 38.1 Å². The number of H-pyrrole nitrogens is 1. The molecule has 1 aliphatic carbocycles. The number of pyridine rings is 2. The monoisotopic (exact) mass is 648 g/mol. The molecule has 1 aliphatic rings. The molecule has 46 heavy (non-hydrogen) atoms. The van der Waals surface area contributed by atoms with Crippen molar-refractivity contribution in [2.45, 2.75) is 65.2 Å². The highest BCUT2D eigenvalue weighted by Crippen LogP contribution is 2.35. The van der Waals surface area contributed by atoms with Crippen LogP contribution in [-0.2, 0) is 23.9 Å². The fourth-order valence-electron chi connectivity index (χ4n) is 5.53. The highest BCUT2D eigenvalue weighted by molar-refractivity contribution is 7.71. The van der Waals surface area contributed by atoms with Crippen molar-refractivity contribution in [1.82, 2.24) is 30.0 Å². The van der Waals surface area contributed by atoms with Gasteiger partial charge in [0.1, 0.15) is 16.4 Å². The van der Waals surface area contributed by atoms with Gasteiger partial charge in [-0.2, -0.15) is 18.3 Å². The number of carbonyl (C=O) groups excluding carboxylic acids is 1. The van der Waals surface area contributed by atoms with E-state index >= 15 is 0 Å². The van der Waals surface area contributed by atoms with Crippen LogP contribution in [-0.4, -0.2) is 51.2 Å². The number of amides is 1. The molecule has 0 aliphatic heterocycles. The molecule has 0 saturated heterocycles. The van der Waals surface area contributed by atoms with Crippen molar-refractivity contribution in [2.75, 3.05) is 20.6 Å². The van der Waals surface area contributed by atoms with Gasteiger partial charge in [-0.3, -0.25) is 9.89 Å². The normalized spacial score (nSPS) is 14.0. The van der Waals surface area contributed by atoms with Crippen LogP contribution in [0.3, 0.4) is 0 Å². The molecule has 7 nitrogen and oxygen atoms in total. The standard InChI is InChI=1S/C35H39F3N6OS/c1-21(2)14-31(44-20-24(12-13-43(4)5)29(17-32(44)46)35(36,37)38)34(45)39-18-27-16-25(15-26(41-27)10-9-23-7-8-23)33-22(3)6-11-30-28(33)19-40-42-30/h6,11,15-17,19-21,23,31H,7-8,12-14,18H2,1-5H3,(H,39,45)(H,40,42)/t31-/m0/s1. The van der Waals surface area contributed by atoms with Crippen LogP contribution in [0.2, 0.25) is 0 Å². The quantitative estimate of drug-likeness (QED) is 0.140. The summed E-state index contributed by atoms with van der Waals surface area (Å²) in [5.74, 6) is 6.63. The van der Waals surface area contributed by atoms with Crippen LogP contribution < -0.4 is 5.32 Å². The Balaban J connectivity index is 1.48. The van der Waals surface area contributed by atoms with E-state index in [2.05, 4.69) is 27.4 Å². The number of halogens is 3. The Morgan fingerprint density at radius 1 is 1.22 bits per heavy atom. The second kappa shape index (κ2) is 13.8. The van der Waals surface area contributed by atoms with E-state index in [0.29, 0.717) is 30.3 Å². The molecule has 1 fully saturated rings. The molecule has 0 bridgehead atoms. The van der Waals surface area contributed by atoms with Gasteiger partial charge < -0.3 is 14.8 Å². The summed E-state index contributed by atoms with van der Waals surface area (Å²) < 4.78 is 43.4. The first-order chi connectivity index (χ1) is 21.8. The largest absolute Gasteiger partial charge is 0.416 e. The van der Waals surface area contributed by atoms with Gasteiger partial charge in [-0.05, 0) is 105 Å². The third-order valence-corrected chi connectivity index (χ3v) is 8.38. The minimum absolute atomic E-state index is 0.0387. The number of benzene rings is 1. The molecule has 3 heterocycles. The Kier molecular flexibility index (Phi) is 9.99. The molecule has 5 rings (SSSR count). The van der Waals surface area contributed by atoms with Gasteiger partial charge in [0.05, 0.1) is 29.5 Å². The lowest BCUT2D eigenvalue weighted by molar-refractivity contribution is -0.138. The Labute approximate surface area is 272 Å². The number of carbonyl (C=O) groups is 1. The average Bonchev–Trinajstić information content (AvgIpc) is 3.70. The molecule has 0 unspecified atom stereocenters. The highest BCUT2D eigenvalue weighted by Gasteiger charge is 2.35. The number of nitrogens with one attached hydrogen (secondary N) is 2. The molecule has 11 heteroatoms. The van der Waals surface area contributed by atoms with Crippen molar-refractivity contribution < 1.29 is 18.0 Å². The zero-order valence-electron chi connectivity index (χ0n) is 26.8. The third-order valence-electron chi connectivity index (χ3n) is 8.06. The molecule has 242 valence electrons. The second-order valence-corrected chi connectivity index (χ2v) is 13.2. The Hall–Kier alpha value is -4.01. The number of rotatable bonds is 10. The molecular formula is C35H39F3N6OS. The maximum absolute atomic E-state index is 14.0. The average molecular weight is 649 g/mol. The molecule has 4 aromatic rings. The van der Waals surface area contributed by atoms with Crippen molar-refractivity contribution in [3.63, 3.8) is 0 Å². The van der Waals surface area contributed by atoms with Gasteiger partial charge in [0.2, 0.25) is 5.91 Å². The van der Waals surface area contributed by atoms with Crippen LogP contribution in [0.4, 0.5) is 13.2 Å². The summed E-state index contributed by atoms with van der Waals surface area (Å²) in [7, 11) is 3.61. The molecule has 1 saturated carbocycles. The number of aryl methyl sites for hydroxylation is 1. The lowest BCUT2D eigenvalue weighted by atomic mass is 9.96. The van der Waals surface area contributed by atoms with Crippen LogP contribution in [0.1, 0.15) is 67.2 Å². The van der Waals surface area contributed by atoms with E-state index < -0.39 is 17.8 Å². The molecule has 0 spiro atoms. The van der Waals surface area contributed by atoms with E-state index in [1.807, 2.05) is 49.9 Å². The number of likely N-dealkylation sites (N-methyl/N-ethyl adjacent to an activating group) is 1. The van der Waals surface area contributed by atoms with Gasteiger partial charge in [-0.25, -0.2) is 4.98 Å². The predicted molar refractivity (Wildman–Crippen MR) is 177 cm³/mol. The van der Waals surface area contributed by atoms with Gasteiger partial charge >= 0.3 is 6.18 Å². The molecule has 0 radical (unpaired) electrons. The van der Waals surface area contributed by atoms with Gasteiger partial charge in [0.15, 0.2) is 0 Å². The topological polar surface area (TPSA) is 78.8 Å². The first-order valence-corrected chi connectivity index (χ1v) is 15.9. The minimum Gasteiger partial charge on any atom is -0.349 e. The van der Waals surface area contributed by atoms with E-state index in [1.54, 1.807) is 20.3 Å². The first-order valence-electron chi connectivity index (χ1n) is 15.5. The third kappa shape index (κ3) is 8.03. The van der Waals surface area contributed by atoms with Crippen LogP contribution in [0.15, 0.2) is 42.7 Å². The summed E-state index contributed by atoms with van der Waals surface area (Å²) in [4.78, 5) is 20.4. The summed E-state index contributed by atoms with van der Waals surface area (Å²) in [5, 5.41) is 11.2. The van der Waals surface area contributed by atoms with Crippen LogP contribution >= 0.6 is 12.2 Å². The van der Waals surface area contributed by atoms with Crippen molar-refractivity contribution in [1.29, 1.82) is 0 Å². The smallest absolute Gasteiger partial charge is 0.349 e. The Morgan fingerprint density at radius 2 is 1.98 bits per heavy atom. The van der Waals surface area contributed by atoms with E-state index in [9.17, 15) is 18.0 Å². The summed E-state index contributed by atoms with van der Waals surface area (Å²) in [6, 6.07) is 8.11. The minimum atomic E-state index is -4.56. The van der Waals surface area contributed by atoms with Crippen molar-refractivity contribution in [3.05, 3.63) is 75.4 Å². The number of nitrogens with zero attached hydrogens (tertiary/aromatic N) is 4. The molecule has 2 N–H and O–H groups in total. The number of alkyl halides is 3. The maximum atomic E-state index is 14.0. The first kappa shape index (κ1) is 33.4. The Morgan fingerprint density at radius 3 is 2.65 bits per heavy atom. The molecule has 3 aromatic heterocycles. The molecule has 1 atom stereocenters. The van der Waals surface area contributed by atoms with Crippen molar-refractivity contribution >= 4 is 29.0 Å². The van der Waals surface area contributed by atoms with E-state index in [1.165, 1.54) is 10.8 Å². The van der Waals surface area contributed by atoms with Crippen LogP contribution in [0.25, 0.3) is 22.0 Å². The van der Waals surface area contributed by atoms with Crippen LogP contribution in [0.5, 0.6) is 0 Å². The highest BCUT2D eigenvalue weighted by atomic mass is 32.1. The summed E-state index contributed by atoms with van der Waals surface area (Å²) >= 11 is 5.45.